The van der Waals surface area contributed by atoms with Crippen LogP contribution in [-0.4, -0.2) is 29.9 Å². The van der Waals surface area contributed by atoms with E-state index >= 15 is 0 Å². The number of fused-ring (bicyclic) bond motifs is 8. The predicted octanol–water partition coefficient (Wildman–Crippen LogP) is 21.9. The minimum absolute atomic E-state index is 0.0543. The van der Waals surface area contributed by atoms with Crippen molar-refractivity contribution in [2.45, 2.75) is 77.0 Å². The van der Waals surface area contributed by atoms with E-state index in [2.05, 4.69) is 262 Å². The Morgan fingerprint density at radius 1 is 0.196 bits per heavy atom. The Morgan fingerprint density at radius 2 is 0.511 bits per heavy atom. The summed E-state index contributed by atoms with van der Waals surface area (Å²) in [5.74, 6) is 3.98. The van der Waals surface area contributed by atoms with Gasteiger partial charge in [0.2, 0.25) is 0 Å². The SMILES string of the molecule is CC1(C)c2ccccc2-c2cccc(-c3cc4ccccc4cc3-c3nc(-c4ccccc4)nc(-c4ccccc4)n3)c2C1(C)C.CC1(C)c2ccccc2-c2cccc(-c3ccc4cccc(-c5nc(-c6ccccc6)nc(-c6ccccc6)n5)c4c3)c2C1(C)C. The van der Waals surface area contributed by atoms with E-state index in [1.54, 1.807) is 0 Å². The molecule has 0 aliphatic heterocycles. The summed E-state index contributed by atoms with van der Waals surface area (Å²) in [6, 6.07) is 98.5. The van der Waals surface area contributed by atoms with Crippen molar-refractivity contribution >= 4 is 21.5 Å². The molecule has 6 nitrogen and oxygen atoms in total. The van der Waals surface area contributed by atoms with Gasteiger partial charge < -0.3 is 0 Å². The summed E-state index contributed by atoms with van der Waals surface area (Å²) in [5.41, 5.74) is 21.0. The molecule has 0 radical (unpaired) electrons. The smallest absolute Gasteiger partial charge is 0.164 e. The lowest BCUT2D eigenvalue weighted by Crippen LogP contribution is -2.43. The lowest BCUT2D eigenvalue weighted by atomic mass is 9.54. The molecule has 0 saturated heterocycles. The number of hydrogen-bond donors (Lipinski definition) is 0. The molecule has 0 amide bonds. The summed E-state index contributed by atoms with van der Waals surface area (Å²) in [7, 11) is 0. The highest BCUT2D eigenvalue weighted by molar-refractivity contribution is 6.00. The van der Waals surface area contributed by atoms with Gasteiger partial charge in [-0.3, -0.25) is 0 Å². The molecule has 92 heavy (non-hydrogen) atoms. The average Bonchev–Trinajstić information content (AvgIpc) is 0.719. The Hall–Kier alpha value is -10.8. The highest BCUT2D eigenvalue weighted by Gasteiger charge is 2.48. The van der Waals surface area contributed by atoms with Gasteiger partial charge in [0.1, 0.15) is 0 Å². The van der Waals surface area contributed by atoms with Gasteiger partial charge in [-0.2, -0.15) is 0 Å². The first-order chi connectivity index (χ1) is 44.7. The number of hydrogen-bond acceptors (Lipinski definition) is 6. The second-order valence-corrected chi connectivity index (χ2v) is 26.6. The van der Waals surface area contributed by atoms with Gasteiger partial charge in [-0.25, -0.2) is 29.9 Å². The molecule has 0 unspecified atom stereocenters. The Morgan fingerprint density at radius 3 is 0.967 bits per heavy atom. The van der Waals surface area contributed by atoms with Gasteiger partial charge in [0, 0.05) is 44.2 Å². The van der Waals surface area contributed by atoms with E-state index in [1.807, 2.05) is 72.8 Å². The van der Waals surface area contributed by atoms with Crippen LogP contribution in [0.4, 0.5) is 0 Å². The molecule has 2 heterocycles. The van der Waals surface area contributed by atoms with Crippen molar-refractivity contribution in [2.75, 3.05) is 0 Å². The van der Waals surface area contributed by atoms with Crippen molar-refractivity contribution in [1.29, 1.82) is 0 Å². The molecule has 2 aliphatic rings. The zero-order valence-electron chi connectivity index (χ0n) is 53.2. The topological polar surface area (TPSA) is 77.3 Å². The second kappa shape index (κ2) is 22.6. The Balaban J connectivity index is 0.000000153. The van der Waals surface area contributed by atoms with Crippen LogP contribution in [-0.2, 0) is 21.7 Å². The molecule has 0 saturated carbocycles. The van der Waals surface area contributed by atoms with Crippen LogP contribution in [0.15, 0.2) is 279 Å². The minimum Gasteiger partial charge on any atom is -0.208 e. The Bertz CT molecular complexity index is 5030. The van der Waals surface area contributed by atoms with Gasteiger partial charge in [-0.15, -0.1) is 0 Å². The lowest BCUT2D eigenvalue weighted by molar-refractivity contribution is 0.300. The number of benzene rings is 12. The molecule has 0 fully saturated rings. The Labute approximate surface area is 539 Å². The first-order valence-corrected chi connectivity index (χ1v) is 31.9. The van der Waals surface area contributed by atoms with E-state index in [1.165, 1.54) is 66.6 Å². The maximum atomic E-state index is 5.18. The van der Waals surface area contributed by atoms with Crippen LogP contribution >= 0.6 is 0 Å². The van der Waals surface area contributed by atoms with Gasteiger partial charge in [-0.1, -0.05) is 316 Å². The molecule has 2 aromatic heterocycles. The molecule has 0 spiro atoms. The standard InChI is InChI=1S/2C43H35N3/c1-42(2)37-24-12-11-20-33(37)34-22-14-21-32(38(34)43(42,3)4)31-26-25-28-19-13-23-35(36(28)27-31)41-45-39(29-15-7-5-8-16-29)44-40(46-41)30-17-9-6-10-18-30;1-42(2)37-25-14-13-22-32(37)33-23-15-24-34(38(33)43(42,3)4)35-26-30-20-11-12-21-31(30)27-36(35)41-45-39(28-16-7-5-8-17-28)44-40(46-41)29-18-9-6-10-19-29/h2*5-27H,1-4H3. The van der Waals surface area contributed by atoms with Gasteiger partial charge in [0.05, 0.1) is 0 Å². The molecule has 0 bridgehead atoms. The van der Waals surface area contributed by atoms with Crippen molar-refractivity contribution in [3.8, 4) is 113 Å². The molecular weight excluding hydrogens is 1120 g/mol. The van der Waals surface area contributed by atoms with Crippen LogP contribution < -0.4 is 0 Å². The fourth-order valence-corrected chi connectivity index (χ4v) is 14.3. The fourth-order valence-electron chi connectivity index (χ4n) is 14.3. The van der Waals surface area contributed by atoms with E-state index in [9.17, 15) is 0 Å². The molecule has 16 rings (SSSR count). The van der Waals surface area contributed by atoms with Crippen LogP contribution in [0.2, 0.25) is 0 Å². The summed E-state index contributed by atoms with van der Waals surface area (Å²) in [6.07, 6.45) is 0. The maximum Gasteiger partial charge on any atom is 0.164 e. The third-order valence-corrected chi connectivity index (χ3v) is 20.5. The molecule has 0 atom stereocenters. The molecule has 6 heteroatoms. The highest BCUT2D eigenvalue weighted by atomic mass is 15.0. The van der Waals surface area contributed by atoms with Crippen molar-refractivity contribution in [3.63, 3.8) is 0 Å². The quantitative estimate of drug-likeness (QED) is 0.151. The summed E-state index contributed by atoms with van der Waals surface area (Å²) in [6.45, 7) is 19.1. The van der Waals surface area contributed by atoms with E-state index < -0.39 is 0 Å². The van der Waals surface area contributed by atoms with Crippen molar-refractivity contribution in [1.82, 2.24) is 29.9 Å². The van der Waals surface area contributed by atoms with E-state index in [0.717, 1.165) is 55.1 Å². The predicted molar refractivity (Wildman–Crippen MR) is 381 cm³/mol. The molecule has 14 aromatic rings. The Kier molecular flexibility index (Phi) is 14.1. The zero-order chi connectivity index (χ0) is 62.9. The van der Waals surface area contributed by atoms with Crippen molar-refractivity contribution < 1.29 is 0 Å². The fraction of sp³-hybridized carbons (Fsp3) is 0.140. The van der Waals surface area contributed by atoms with Crippen LogP contribution in [0.5, 0.6) is 0 Å². The average molecular weight is 1190 g/mol. The van der Waals surface area contributed by atoms with Crippen LogP contribution in [0.25, 0.3) is 134 Å². The molecule has 12 aromatic carbocycles. The van der Waals surface area contributed by atoms with Gasteiger partial charge in [-0.05, 0) is 117 Å². The van der Waals surface area contributed by atoms with E-state index in [4.69, 9.17) is 29.9 Å². The number of aromatic nitrogens is 6. The minimum atomic E-state index is -0.167. The van der Waals surface area contributed by atoms with Crippen molar-refractivity contribution in [3.05, 3.63) is 301 Å². The summed E-state index contributed by atoms with van der Waals surface area (Å²) in [4.78, 5) is 30.4. The van der Waals surface area contributed by atoms with Gasteiger partial charge in [0.25, 0.3) is 0 Å². The second-order valence-electron chi connectivity index (χ2n) is 26.6. The normalized spacial score (nSPS) is 14.4. The number of rotatable bonds is 8. The third kappa shape index (κ3) is 9.72. The van der Waals surface area contributed by atoms with Crippen LogP contribution in [0, 0.1) is 0 Å². The zero-order valence-corrected chi connectivity index (χ0v) is 53.2. The van der Waals surface area contributed by atoms with Crippen LogP contribution in [0.1, 0.15) is 77.6 Å². The molecule has 444 valence electrons. The van der Waals surface area contributed by atoms with Crippen LogP contribution in [0.3, 0.4) is 0 Å². The van der Waals surface area contributed by atoms with Gasteiger partial charge >= 0.3 is 0 Å². The van der Waals surface area contributed by atoms with E-state index in [0.29, 0.717) is 34.9 Å². The summed E-state index contributed by atoms with van der Waals surface area (Å²) < 4.78 is 0. The molecular formula is C86H70N6. The first-order valence-electron chi connectivity index (χ1n) is 31.9. The molecule has 2 aliphatic carbocycles. The van der Waals surface area contributed by atoms with Gasteiger partial charge in [0.15, 0.2) is 34.9 Å². The monoisotopic (exact) mass is 1190 g/mol. The summed E-state index contributed by atoms with van der Waals surface area (Å²) >= 11 is 0. The molecule has 0 N–H and O–H groups in total. The van der Waals surface area contributed by atoms with E-state index in [-0.39, 0.29) is 21.7 Å². The lowest BCUT2D eigenvalue weighted by Gasteiger charge is -2.49. The summed E-state index contributed by atoms with van der Waals surface area (Å²) in [5, 5.41) is 4.61. The highest BCUT2D eigenvalue weighted by Crippen LogP contribution is 2.58. The third-order valence-electron chi connectivity index (χ3n) is 20.5. The number of nitrogens with zero attached hydrogens (tertiary/aromatic N) is 6. The largest absolute Gasteiger partial charge is 0.208 e. The first kappa shape index (κ1) is 57.6. The maximum absolute atomic E-state index is 5.18. The van der Waals surface area contributed by atoms with Crippen molar-refractivity contribution in [2.24, 2.45) is 0 Å².